The molecule has 1 aromatic heterocycles. The van der Waals surface area contributed by atoms with E-state index in [1.165, 1.54) is 0 Å². The minimum absolute atomic E-state index is 0.166. The number of aromatic nitrogens is 2. The highest BCUT2D eigenvalue weighted by Gasteiger charge is 2.13. The molecule has 0 fully saturated rings. The van der Waals surface area contributed by atoms with Gasteiger partial charge in [-0.05, 0) is 61.4 Å². The highest BCUT2D eigenvalue weighted by atomic mass is 79.9. The Hall–Kier alpha value is -4.03. The maximum atomic E-state index is 13.0. The molecule has 0 aliphatic rings. The summed E-state index contributed by atoms with van der Waals surface area (Å²) in [6.45, 7) is 3.97. The van der Waals surface area contributed by atoms with Crippen LogP contribution in [-0.4, -0.2) is 15.9 Å². The number of nitrogens with zero attached hydrogens (tertiary/aromatic N) is 2. The zero-order valence-corrected chi connectivity index (χ0v) is 20.9. The van der Waals surface area contributed by atoms with Gasteiger partial charge in [0, 0.05) is 32.4 Å². The minimum atomic E-state index is -0.166. The first kappa shape index (κ1) is 22.7. The third-order valence-corrected chi connectivity index (χ3v) is 6.30. The quantitative estimate of drug-likeness (QED) is 0.248. The van der Waals surface area contributed by atoms with Gasteiger partial charge in [-0.2, -0.15) is 0 Å². The molecule has 6 heteroatoms. The van der Waals surface area contributed by atoms with Gasteiger partial charge < -0.3 is 10.6 Å². The molecule has 0 radical (unpaired) electrons. The molecule has 1 amide bonds. The van der Waals surface area contributed by atoms with Gasteiger partial charge in [-0.15, -0.1) is 0 Å². The van der Waals surface area contributed by atoms with Crippen LogP contribution in [0.15, 0.2) is 95.5 Å². The van der Waals surface area contributed by atoms with Crippen molar-refractivity contribution in [3.8, 4) is 11.3 Å². The number of carbonyl (C=O) groups excluding carboxylic acids is 1. The van der Waals surface area contributed by atoms with Crippen molar-refractivity contribution in [1.29, 1.82) is 0 Å². The highest BCUT2D eigenvalue weighted by Crippen LogP contribution is 2.30. The smallest absolute Gasteiger partial charge is 0.255 e. The first-order valence-corrected chi connectivity index (χ1v) is 12.0. The molecule has 0 aliphatic heterocycles. The van der Waals surface area contributed by atoms with Crippen LogP contribution in [0.3, 0.4) is 0 Å². The van der Waals surface area contributed by atoms with Gasteiger partial charge in [-0.1, -0.05) is 70.5 Å². The summed E-state index contributed by atoms with van der Waals surface area (Å²) in [6, 6.07) is 29.3. The van der Waals surface area contributed by atoms with Crippen molar-refractivity contribution in [1.82, 2.24) is 9.97 Å². The highest BCUT2D eigenvalue weighted by molar-refractivity contribution is 9.10. The number of amides is 1. The van der Waals surface area contributed by atoms with Gasteiger partial charge in [0.2, 0.25) is 5.95 Å². The predicted molar refractivity (Wildman–Crippen MR) is 146 cm³/mol. The van der Waals surface area contributed by atoms with Crippen molar-refractivity contribution in [2.45, 2.75) is 13.8 Å². The number of anilines is 3. The van der Waals surface area contributed by atoms with E-state index >= 15 is 0 Å². The first-order chi connectivity index (χ1) is 17.0. The maximum Gasteiger partial charge on any atom is 0.255 e. The number of rotatable bonds is 5. The van der Waals surface area contributed by atoms with Crippen LogP contribution in [-0.2, 0) is 0 Å². The topological polar surface area (TPSA) is 66.9 Å². The Morgan fingerprint density at radius 2 is 1.54 bits per heavy atom. The van der Waals surface area contributed by atoms with E-state index in [-0.39, 0.29) is 5.91 Å². The molecule has 35 heavy (non-hydrogen) atoms. The lowest BCUT2D eigenvalue weighted by Gasteiger charge is -2.13. The molecular formula is C29H23BrN4O. The molecule has 172 valence electrons. The van der Waals surface area contributed by atoms with Gasteiger partial charge >= 0.3 is 0 Å². The van der Waals surface area contributed by atoms with Crippen molar-refractivity contribution >= 4 is 50.1 Å². The van der Waals surface area contributed by atoms with Crippen LogP contribution in [0, 0.1) is 13.8 Å². The average Bonchev–Trinajstić information content (AvgIpc) is 2.87. The number of nitrogens with one attached hydrogen (secondary N) is 2. The molecule has 2 N–H and O–H groups in total. The van der Waals surface area contributed by atoms with Crippen LogP contribution in [0.4, 0.5) is 17.3 Å². The zero-order valence-electron chi connectivity index (χ0n) is 19.3. The summed E-state index contributed by atoms with van der Waals surface area (Å²) < 4.78 is 0.967. The predicted octanol–water partition coefficient (Wildman–Crippen LogP) is 7.67. The van der Waals surface area contributed by atoms with Gasteiger partial charge in [0.25, 0.3) is 5.91 Å². The fourth-order valence-electron chi connectivity index (χ4n) is 4.04. The van der Waals surface area contributed by atoms with E-state index < -0.39 is 0 Å². The molecule has 0 atom stereocenters. The lowest BCUT2D eigenvalue weighted by Crippen LogP contribution is -2.14. The molecule has 5 rings (SSSR count). The van der Waals surface area contributed by atoms with E-state index in [2.05, 4.69) is 26.6 Å². The largest absolute Gasteiger partial charge is 0.324 e. The summed E-state index contributed by atoms with van der Waals surface area (Å²) in [5.74, 6) is 0.297. The number of carbonyl (C=O) groups is 1. The monoisotopic (exact) mass is 522 g/mol. The summed E-state index contributed by atoms with van der Waals surface area (Å²) in [6.07, 6.45) is 0. The number of benzene rings is 4. The summed E-state index contributed by atoms with van der Waals surface area (Å²) in [7, 11) is 0. The Labute approximate surface area is 212 Å². The third-order valence-electron chi connectivity index (χ3n) is 5.81. The Morgan fingerprint density at radius 3 is 2.31 bits per heavy atom. The molecule has 0 bridgehead atoms. The van der Waals surface area contributed by atoms with E-state index in [0.717, 1.165) is 49.1 Å². The van der Waals surface area contributed by atoms with Crippen LogP contribution in [0.2, 0.25) is 0 Å². The number of halogens is 1. The summed E-state index contributed by atoms with van der Waals surface area (Å²) >= 11 is 3.56. The molecule has 0 saturated carbocycles. The second-order valence-corrected chi connectivity index (χ2v) is 9.27. The SMILES string of the molecule is Cc1cccc(C)c1NC(=O)c1cccc(Nc2nc(-c3ccccc3)c3cc(Br)ccc3n2)c1. The molecule has 5 aromatic rings. The van der Waals surface area contributed by atoms with E-state index in [1.54, 1.807) is 12.1 Å². The van der Waals surface area contributed by atoms with E-state index in [0.29, 0.717) is 11.5 Å². The van der Waals surface area contributed by atoms with Crippen LogP contribution < -0.4 is 10.6 Å². The fourth-order valence-corrected chi connectivity index (χ4v) is 4.40. The number of hydrogen-bond acceptors (Lipinski definition) is 4. The molecule has 5 nitrogen and oxygen atoms in total. The van der Waals surface area contributed by atoms with E-state index in [4.69, 9.17) is 9.97 Å². The first-order valence-electron chi connectivity index (χ1n) is 11.3. The Morgan fingerprint density at radius 1 is 0.800 bits per heavy atom. The van der Waals surface area contributed by atoms with Crippen LogP contribution >= 0.6 is 15.9 Å². The number of hydrogen-bond donors (Lipinski definition) is 2. The average molecular weight is 523 g/mol. The van der Waals surface area contributed by atoms with E-state index in [9.17, 15) is 4.79 Å². The van der Waals surface area contributed by atoms with Crippen molar-refractivity contribution < 1.29 is 4.79 Å². The molecule has 0 aliphatic carbocycles. The minimum Gasteiger partial charge on any atom is -0.324 e. The van der Waals surface area contributed by atoms with Crippen molar-refractivity contribution in [2.24, 2.45) is 0 Å². The Kier molecular flexibility index (Phi) is 6.29. The van der Waals surface area contributed by atoms with Gasteiger partial charge in [-0.25, -0.2) is 9.97 Å². The number of fused-ring (bicyclic) bond motifs is 1. The zero-order chi connectivity index (χ0) is 24.4. The Balaban J connectivity index is 1.47. The second-order valence-electron chi connectivity index (χ2n) is 8.35. The molecule has 0 unspecified atom stereocenters. The molecule has 0 saturated heterocycles. The van der Waals surface area contributed by atoms with Gasteiger partial charge in [0.15, 0.2) is 0 Å². The van der Waals surface area contributed by atoms with Crippen molar-refractivity contribution in [3.63, 3.8) is 0 Å². The van der Waals surface area contributed by atoms with Gasteiger partial charge in [-0.3, -0.25) is 4.79 Å². The lowest BCUT2D eigenvalue weighted by atomic mass is 10.1. The summed E-state index contributed by atoms with van der Waals surface area (Å²) in [4.78, 5) is 22.5. The summed E-state index contributed by atoms with van der Waals surface area (Å²) in [5.41, 5.74) is 6.83. The standard InChI is InChI=1S/C29H23BrN4O/c1-18-8-6-9-19(2)26(18)33-28(35)21-12-7-13-23(16-21)31-29-32-25-15-14-22(30)17-24(25)27(34-29)20-10-4-3-5-11-20/h3-17H,1-2H3,(H,33,35)(H,31,32,34). The molecule has 0 spiro atoms. The van der Waals surface area contributed by atoms with Crippen LogP contribution in [0.5, 0.6) is 0 Å². The fraction of sp³-hybridized carbons (Fsp3) is 0.0690. The number of aryl methyl sites for hydroxylation is 2. The van der Waals surface area contributed by atoms with E-state index in [1.807, 2.05) is 92.7 Å². The third kappa shape index (κ3) is 4.93. The van der Waals surface area contributed by atoms with Crippen LogP contribution in [0.25, 0.3) is 22.2 Å². The second kappa shape index (κ2) is 9.68. The van der Waals surface area contributed by atoms with Gasteiger partial charge in [0.05, 0.1) is 11.2 Å². The molecular weight excluding hydrogens is 500 g/mol. The van der Waals surface area contributed by atoms with Crippen molar-refractivity contribution in [2.75, 3.05) is 10.6 Å². The normalized spacial score (nSPS) is 10.8. The van der Waals surface area contributed by atoms with Crippen LogP contribution in [0.1, 0.15) is 21.5 Å². The Bertz CT molecular complexity index is 1530. The lowest BCUT2D eigenvalue weighted by molar-refractivity contribution is 0.102. The van der Waals surface area contributed by atoms with Gasteiger partial charge in [0.1, 0.15) is 0 Å². The molecule has 4 aromatic carbocycles. The van der Waals surface area contributed by atoms with Crippen molar-refractivity contribution in [3.05, 3.63) is 112 Å². The molecule has 1 heterocycles. The number of para-hydroxylation sites is 1. The summed E-state index contributed by atoms with van der Waals surface area (Å²) in [5, 5.41) is 7.29. The maximum absolute atomic E-state index is 13.0.